The molecule has 1 aromatic carbocycles. The lowest BCUT2D eigenvalue weighted by Gasteiger charge is -2.37. The van der Waals surface area contributed by atoms with Crippen molar-refractivity contribution >= 4 is 6.08 Å². The summed E-state index contributed by atoms with van der Waals surface area (Å²) >= 11 is 0. The van der Waals surface area contributed by atoms with Gasteiger partial charge in [-0.25, -0.2) is 9.37 Å². The van der Waals surface area contributed by atoms with Crippen LogP contribution in [0.25, 0.3) is 6.08 Å². The maximum Gasteiger partial charge on any atom is 0.123 e. The summed E-state index contributed by atoms with van der Waals surface area (Å²) in [6.07, 6.45) is 9.66. The molecule has 0 saturated carbocycles. The van der Waals surface area contributed by atoms with Crippen molar-refractivity contribution in [3.05, 3.63) is 71.6 Å². The standard InChI is InChI=1S/C18H19FN2O/c1-17(2)8-7-14(11-13-3-5-15(19)6-4-13)18(17,22)12-16-20-9-10-21-16/h3-11,22H,12H2,1-2H3,(H,20,21). The second-order valence-corrected chi connectivity index (χ2v) is 6.28. The molecule has 1 atom stereocenters. The fourth-order valence-electron chi connectivity index (χ4n) is 2.82. The fourth-order valence-corrected chi connectivity index (χ4v) is 2.82. The van der Waals surface area contributed by atoms with Crippen LogP contribution in [0.4, 0.5) is 4.39 Å². The van der Waals surface area contributed by atoms with Gasteiger partial charge in [0, 0.05) is 24.2 Å². The van der Waals surface area contributed by atoms with Crippen molar-refractivity contribution in [1.29, 1.82) is 0 Å². The fraction of sp³-hybridized carbons (Fsp3) is 0.278. The number of H-pyrrole nitrogens is 1. The number of hydrogen-bond donors (Lipinski definition) is 2. The van der Waals surface area contributed by atoms with Crippen LogP contribution >= 0.6 is 0 Å². The number of imidazole rings is 1. The number of aromatic nitrogens is 2. The van der Waals surface area contributed by atoms with Crippen molar-refractivity contribution in [3.8, 4) is 0 Å². The van der Waals surface area contributed by atoms with Gasteiger partial charge in [0.05, 0.1) is 0 Å². The van der Waals surface area contributed by atoms with E-state index in [9.17, 15) is 9.50 Å². The Bertz CT molecular complexity index is 714. The number of hydrogen-bond acceptors (Lipinski definition) is 2. The van der Waals surface area contributed by atoms with E-state index in [0.717, 1.165) is 17.0 Å². The molecule has 4 heteroatoms. The van der Waals surface area contributed by atoms with Crippen LogP contribution in [0.15, 0.2) is 54.4 Å². The Labute approximate surface area is 129 Å². The van der Waals surface area contributed by atoms with E-state index in [1.54, 1.807) is 24.5 Å². The molecule has 114 valence electrons. The van der Waals surface area contributed by atoms with Gasteiger partial charge in [-0.2, -0.15) is 0 Å². The number of benzene rings is 1. The van der Waals surface area contributed by atoms with Crippen LogP contribution in [-0.4, -0.2) is 20.7 Å². The lowest BCUT2D eigenvalue weighted by Crippen LogP contribution is -2.44. The maximum atomic E-state index is 13.0. The van der Waals surface area contributed by atoms with Crippen LogP contribution in [0.5, 0.6) is 0 Å². The monoisotopic (exact) mass is 298 g/mol. The topological polar surface area (TPSA) is 48.9 Å². The Balaban J connectivity index is 1.98. The Morgan fingerprint density at radius 1 is 1.27 bits per heavy atom. The summed E-state index contributed by atoms with van der Waals surface area (Å²) in [6, 6.07) is 6.24. The molecule has 1 aliphatic rings. The molecule has 0 amide bonds. The molecular weight excluding hydrogens is 279 g/mol. The third kappa shape index (κ3) is 2.50. The van der Waals surface area contributed by atoms with Crippen LogP contribution < -0.4 is 0 Å². The zero-order valence-corrected chi connectivity index (χ0v) is 12.7. The van der Waals surface area contributed by atoms with Crippen molar-refractivity contribution < 1.29 is 9.50 Å². The second-order valence-electron chi connectivity index (χ2n) is 6.28. The van der Waals surface area contributed by atoms with Crippen LogP contribution in [-0.2, 0) is 6.42 Å². The minimum atomic E-state index is -1.06. The molecule has 0 spiro atoms. The largest absolute Gasteiger partial charge is 0.384 e. The van der Waals surface area contributed by atoms with Gasteiger partial charge in [-0.3, -0.25) is 0 Å². The third-order valence-corrected chi connectivity index (χ3v) is 4.39. The number of halogens is 1. The Morgan fingerprint density at radius 3 is 2.64 bits per heavy atom. The van der Waals surface area contributed by atoms with Crippen molar-refractivity contribution in [1.82, 2.24) is 9.97 Å². The summed E-state index contributed by atoms with van der Waals surface area (Å²) in [5.41, 5.74) is 0.197. The Hall–Kier alpha value is -2.20. The molecule has 3 nitrogen and oxygen atoms in total. The van der Waals surface area contributed by atoms with Gasteiger partial charge in [-0.05, 0) is 29.3 Å². The minimum absolute atomic E-state index is 0.268. The number of aromatic amines is 1. The Morgan fingerprint density at radius 2 is 2.00 bits per heavy atom. The van der Waals surface area contributed by atoms with Gasteiger partial charge >= 0.3 is 0 Å². The second kappa shape index (κ2) is 5.21. The predicted molar refractivity (Wildman–Crippen MR) is 84.5 cm³/mol. The summed E-state index contributed by atoms with van der Waals surface area (Å²) in [5, 5.41) is 11.3. The molecule has 2 aromatic rings. The molecular formula is C18H19FN2O. The van der Waals surface area contributed by atoms with Crippen molar-refractivity contribution in [2.75, 3.05) is 0 Å². The van der Waals surface area contributed by atoms with E-state index in [1.165, 1.54) is 12.1 Å². The van der Waals surface area contributed by atoms with Gasteiger partial charge in [-0.15, -0.1) is 0 Å². The highest BCUT2D eigenvalue weighted by Crippen LogP contribution is 2.46. The van der Waals surface area contributed by atoms with Gasteiger partial charge in [0.1, 0.15) is 17.2 Å². The van der Waals surface area contributed by atoms with E-state index in [1.807, 2.05) is 32.1 Å². The summed E-state index contributed by atoms with van der Waals surface area (Å²) < 4.78 is 13.0. The first-order valence-electron chi connectivity index (χ1n) is 7.28. The van der Waals surface area contributed by atoms with Gasteiger partial charge in [0.2, 0.25) is 0 Å². The van der Waals surface area contributed by atoms with Crippen LogP contribution in [0.2, 0.25) is 0 Å². The lowest BCUT2D eigenvalue weighted by molar-refractivity contribution is 0.00276. The molecule has 1 heterocycles. The molecule has 22 heavy (non-hydrogen) atoms. The van der Waals surface area contributed by atoms with Crippen LogP contribution in [0.3, 0.4) is 0 Å². The summed E-state index contributed by atoms with van der Waals surface area (Å²) in [5.74, 6) is 0.472. The van der Waals surface area contributed by atoms with E-state index in [0.29, 0.717) is 6.42 Å². The average Bonchev–Trinajstić information content (AvgIpc) is 3.04. The molecule has 2 N–H and O–H groups in total. The van der Waals surface area contributed by atoms with Gasteiger partial charge < -0.3 is 10.1 Å². The number of rotatable bonds is 3. The molecule has 0 fully saturated rings. The van der Waals surface area contributed by atoms with Crippen molar-refractivity contribution in [2.24, 2.45) is 5.41 Å². The zero-order chi connectivity index (χ0) is 15.8. The van der Waals surface area contributed by atoms with Gasteiger partial charge in [0.25, 0.3) is 0 Å². The first kappa shape index (κ1) is 14.7. The summed E-state index contributed by atoms with van der Waals surface area (Å²) in [7, 11) is 0. The molecule has 0 saturated heterocycles. The quantitative estimate of drug-likeness (QED) is 0.911. The van der Waals surface area contributed by atoms with Crippen molar-refractivity contribution in [3.63, 3.8) is 0 Å². The number of nitrogens with zero attached hydrogens (tertiary/aromatic N) is 1. The van der Waals surface area contributed by atoms with E-state index < -0.39 is 11.0 Å². The molecule has 1 aliphatic carbocycles. The number of nitrogens with one attached hydrogen (secondary N) is 1. The predicted octanol–water partition coefficient (Wildman–Crippen LogP) is 3.50. The maximum absolute atomic E-state index is 13.0. The molecule has 1 unspecified atom stereocenters. The minimum Gasteiger partial charge on any atom is -0.384 e. The normalized spacial score (nSPS) is 25.0. The van der Waals surface area contributed by atoms with E-state index in [-0.39, 0.29) is 5.82 Å². The number of aliphatic hydroxyl groups is 1. The smallest absolute Gasteiger partial charge is 0.123 e. The first-order valence-corrected chi connectivity index (χ1v) is 7.28. The van der Waals surface area contributed by atoms with Gasteiger partial charge in [-0.1, -0.05) is 38.1 Å². The molecule has 1 aromatic heterocycles. The zero-order valence-electron chi connectivity index (χ0n) is 12.7. The first-order chi connectivity index (χ1) is 10.4. The van der Waals surface area contributed by atoms with Crippen LogP contribution in [0.1, 0.15) is 25.2 Å². The highest BCUT2D eigenvalue weighted by atomic mass is 19.1. The SMILES string of the molecule is CC1(C)C=CC(=Cc2ccc(F)cc2)C1(O)Cc1ncc[nH]1. The van der Waals surface area contributed by atoms with Crippen LogP contribution in [0, 0.1) is 11.2 Å². The summed E-state index contributed by atoms with van der Waals surface area (Å²) in [6.45, 7) is 4.00. The molecule has 0 bridgehead atoms. The highest BCUT2D eigenvalue weighted by molar-refractivity contribution is 5.62. The Kier molecular flexibility index (Phi) is 3.49. The molecule has 0 radical (unpaired) electrons. The van der Waals surface area contributed by atoms with E-state index in [2.05, 4.69) is 9.97 Å². The molecule has 0 aliphatic heterocycles. The summed E-state index contributed by atoms with van der Waals surface area (Å²) in [4.78, 5) is 7.27. The van der Waals surface area contributed by atoms with E-state index >= 15 is 0 Å². The molecule has 3 rings (SSSR count). The van der Waals surface area contributed by atoms with Gasteiger partial charge in [0.15, 0.2) is 0 Å². The highest BCUT2D eigenvalue weighted by Gasteiger charge is 2.48. The lowest BCUT2D eigenvalue weighted by atomic mass is 9.73. The van der Waals surface area contributed by atoms with Crippen molar-refractivity contribution in [2.45, 2.75) is 25.9 Å². The third-order valence-electron chi connectivity index (χ3n) is 4.39. The van der Waals surface area contributed by atoms with E-state index in [4.69, 9.17) is 0 Å². The average molecular weight is 298 g/mol.